The summed E-state index contributed by atoms with van der Waals surface area (Å²) in [6.45, 7) is 11.2. The minimum Gasteiger partial charge on any atom is -0.383 e. The number of hydrogen-bond acceptors (Lipinski definition) is 3. The molecular formula is C23H37N5O. The Labute approximate surface area is 175 Å². The zero-order valence-electron chi connectivity index (χ0n) is 18.3. The van der Waals surface area contributed by atoms with Gasteiger partial charge in [-0.15, -0.1) is 0 Å². The number of H-pyrrole nitrogens is 1. The molecule has 3 rings (SSSR count). The van der Waals surface area contributed by atoms with Gasteiger partial charge in [-0.1, -0.05) is 12.1 Å². The van der Waals surface area contributed by atoms with Gasteiger partial charge < -0.3 is 25.3 Å². The molecule has 2 heterocycles. The van der Waals surface area contributed by atoms with Crippen LogP contribution < -0.4 is 10.6 Å². The normalized spacial score (nSPS) is 16.4. The van der Waals surface area contributed by atoms with E-state index in [4.69, 9.17) is 9.73 Å². The van der Waals surface area contributed by atoms with Gasteiger partial charge in [0.1, 0.15) is 0 Å². The van der Waals surface area contributed by atoms with Crippen molar-refractivity contribution < 1.29 is 4.74 Å². The molecule has 0 atom stereocenters. The van der Waals surface area contributed by atoms with E-state index in [1.54, 1.807) is 7.11 Å². The first-order chi connectivity index (χ1) is 14.2. The molecule has 1 fully saturated rings. The van der Waals surface area contributed by atoms with Crippen molar-refractivity contribution in [2.75, 3.05) is 53.0 Å². The van der Waals surface area contributed by atoms with Crippen molar-refractivity contribution in [2.45, 2.75) is 33.1 Å². The number of aromatic nitrogens is 1. The number of aliphatic imine (C=N–C) groups is 1. The highest BCUT2D eigenvalue weighted by atomic mass is 16.5. The monoisotopic (exact) mass is 399 g/mol. The van der Waals surface area contributed by atoms with Crippen LogP contribution in [0.3, 0.4) is 0 Å². The lowest BCUT2D eigenvalue weighted by Crippen LogP contribution is -2.40. The average molecular weight is 400 g/mol. The van der Waals surface area contributed by atoms with E-state index < -0.39 is 0 Å². The van der Waals surface area contributed by atoms with E-state index in [0.29, 0.717) is 5.92 Å². The summed E-state index contributed by atoms with van der Waals surface area (Å²) in [5.41, 5.74) is 3.92. The first-order valence-corrected chi connectivity index (χ1v) is 11.0. The van der Waals surface area contributed by atoms with Gasteiger partial charge in [0.15, 0.2) is 5.96 Å². The summed E-state index contributed by atoms with van der Waals surface area (Å²) < 4.78 is 5.19. The number of nitrogens with zero attached hydrogens (tertiary/aromatic N) is 2. The van der Waals surface area contributed by atoms with Gasteiger partial charge in [-0.2, -0.15) is 0 Å². The van der Waals surface area contributed by atoms with E-state index in [1.165, 1.54) is 34.9 Å². The molecule has 0 spiro atoms. The first kappa shape index (κ1) is 21.7. The fraction of sp³-hybridized carbons (Fsp3) is 0.609. The fourth-order valence-electron chi connectivity index (χ4n) is 4.14. The molecular weight excluding hydrogens is 362 g/mol. The highest BCUT2D eigenvalue weighted by Crippen LogP contribution is 2.22. The van der Waals surface area contributed by atoms with Gasteiger partial charge in [-0.25, -0.2) is 0 Å². The molecule has 1 aromatic heterocycles. The second-order valence-corrected chi connectivity index (χ2v) is 7.99. The van der Waals surface area contributed by atoms with E-state index >= 15 is 0 Å². The van der Waals surface area contributed by atoms with Crippen LogP contribution >= 0.6 is 0 Å². The van der Waals surface area contributed by atoms with E-state index in [-0.39, 0.29) is 0 Å². The molecule has 6 nitrogen and oxygen atoms in total. The van der Waals surface area contributed by atoms with Crippen molar-refractivity contribution >= 4 is 16.9 Å². The number of aryl methyl sites for hydroxylation is 1. The molecule has 2 aromatic rings. The second-order valence-electron chi connectivity index (χ2n) is 7.99. The quantitative estimate of drug-likeness (QED) is 0.448. The largest absolute Gasteiger partial charge is 0.383 e. The third-order valence-corrected chi connectivity index (χ3v) is 5.85. The number of piperidine rings is 1. The second kappa shape index (κ2) is 11.2. The maximum absolute atomic E-state index is 5.19. The number of rotatable bonds is 9. The van der Waals surface area contributed by atoms with Gasteiger partial charge in [0.05, 0.1) is 6.61 Å². The third-order valence-electron chi connectivity index (χ3n) is 5.85. The molecule has 1 saturated heterocycles. The third kappa shape index (κ3) is 6.21. The Balaban J connectivity index is 1.47. The zero-order chi connectivity index (χ0) is 20.5. The number of methoxy groups -OCH3 is 1. The van der Waals surface area contributed by atoms with Crippen molar-refractivity contribution in [3.63, 3.8) is 0 Å². The van der Waals surface area contributed by atoms with Crippen LogP contribution in [-0.2, 0) is 11.2 Å². The SMILES string of the molecule is CCNC(=NCC1CCN(CCOC)CC1)NCCc1c[nH]c2cccc(C)c12. The van der Waals surface area contributed by atoms with Gasteiger partial charge in [0.25, 0.3) is 0 Å². The van der Waals surface area contributed by atoms with E-state index in [0.717, 1.165) is 58.3 Å². The molecule has 1 aliphatic heterocycles. The molecule has 160 valence electrons. The molecule has 3 N–H and O–H groups in total. The Morgan fingerprint density at radius 2 is 2.10 bits per heavy atom. The van der Waals surface area contributed by atoms with Crippen LogP contribution in [0, 0.1) is 12.8 Å². The Morgan fingerprint density at radius 3 is 2.86 bits per heavy atom. The minimum absolute atomic E-state index is 0.681. The lowest BCUT2D eigenvalue weighted by Gasteiger charge is -2.31. The van der Waals surface area contributed by atoms with Crippen molar-refractivity contribution in [3.8, 4) is 0 Å². The fourth-order valence-corrected chi connectivity index (χ4v) is 4.14. The molecule has 29 heavy (non-hydrogen) atoms. The van der Waals surface area contributed by atoms with Crippen molar-refractivity contribution in [1.82, 2.24) is 20.5 Å². The molecule has 1 aliphatic rings. The summed E-state index contributed by atoms with van der Waals surface area (Å²) in [6, 6.07) is 6.43. The Kier molecular flexibility index (Phi) is 8.38. The lowest BCUT2D eigenvalue weighted by atomic mass is 9.97. The average Bonchev–Trinajstić information content (AvgIpc) is 3.15. The smallest absolute Gasteiger partial charge is 0.191 e. The highest BCUT2D eigenvalue weighted by Gasteiger charge is 2.18. The minimum atomic E-state index is 0.681. The van der Waals surface area contributed by atoms with Gasteiger partial charge in [0.2, 0.25) is 0 Å². The number of likely N-dealkylation sites (tertiary alicyclic amines) is 1. The predicted octanol–water partition coefficient (Wildman–Crippen LogP) is 2.93. The maximum Gasteiger partial charge on any atom is 0.191 e. The molecule has 0 bridgehead atoms. The zero-order valence-corrected chi connectivity index (χ0v) is 18.3. The summed E-state index contributed by atoms with van der Waals surface area (Å²) >= 11 is 0. The molecule has 0 unspecified atom stereocenters. The Morgan fingerprint density at radius 1 is 1.28 bits per heavy atom. The van der Waals surface area contributed by atoms with E-state index in [9.17, 15) is 0 Å². The van der Waals surface area contributed by atoms with Crippen LogP contribution in [0.2, 0.25) is 0 Å². The highest BCUT2D eigenvalue weighted by molar-refractivity contribution is 5.86. The molecule has 6 heteroatoms. The number of ether oxygens (including phenoxy) is 1. The standard InChI is InChI=1S/C23H37N5O/c1-4-24-23(27-16-19-9-12-28(13-10-19)14-15-29-3)25-11-8-20-17-26-21-7-5-6-18(2)22(20)21/h5-7,17,19,26H,4,8-16H2,1-3H3,(H2,24,25,27). The number of nitrogens with one attached hydrogen (secondary N) is 3. The van der Waals surface area contributed by atoms with Crippen LogP contribution in [0.25, 0.3) is 10.9 Å². The summed E-state index contributed by atoms with van der Waals surface area (Å²) in [5, 5.41) is 8.27. The number of aromatic amines is 1. The van der Waals surface area contributed by atoms with Crippen molar-refractivity contribution in [2.24, 2.45) is 10.9 Å². The molecule has 1 aromatic carbocycles. The Bertz CT molecular complexity index is 777. The van der Waals surface area contributed by atoms with Crippen LogP contribution in [0.15, 0.2) is 29.4 Å². The summed E-state index contributed by atoms with van der Waals surface area (Å²) in [4.78, 5) is 10.8. The summed E-state index contributed by atoms with van der Waals surface area (Å²) in [5.74, 6) is 1.62. The number of benzene rings is 1. The van der Waals surface area contributed by atoms with E-state index in [1.807, 2.05) is 0 Å². The van der Waals surface area contributed by atoms with Crippen molar-refractivity contribution in [3.05, 3.63) is 35.5 Å². The molecule has 0 aliphatic carbocycles. The molecule has 0 amide bonds. The molecule has 0 radical (unpaired) electrons. The van der Waals surface area contributed by atoms with Crippen molar-refractivity contribution in [1.29, 1.82) is 0 Å². The van der Waals surface area contributed by atoms with E-state index in [2.05, 4.69) is 58.8 Å². The van der Waals surface area contributed by atoms with Crippen LogP contribution in [0.5, 0.6) is 0 Å². The van der Waals surface area contributed by atoms with Crippen LogP contribution in [0.4, 0.5) is 0 Å². The van der Waals surface area contributed by atoms with Crippen LogP contribution in [0.1, 0.15) is 30.9 Å². The number of hydrogen-bond donors (Lipinski definition) is 3. The summed E-state index contributed by atoms with van der Waals surface area (Å²) in [6.07, 6.45) is 5.57. The maximum atomic E-state index is 5.19. The van der Waals surface area contributed by atoms with Crippen LogP contribution in [-0.4, -0.2) is 68.8 Å². The van der Waals surface area contributed by atoms with Gasteiger partial charge >= 0.3 is 0 Å². The lowest BCUT2D eigenvalue weighted by molar-refractivity contribution is 0.121. The number of fused-ring (bicyclic) bond motifs is 1. The summed E-state index contributed by atoms with van der Waals surface area (Å²) in [7, 11) is 1.77. The predicted molar refractivity (Wildman–Crippen MR) is 122 cm³/mol. The van der Waals surface area contributed by atoms with Gasteiger partial charge in [-0.05, 0) is 69.3 Å². The van der Waals surface area contributed by atoms with Gasteiger partial charge in [-0.3, -0.25) is 4.99 Å². The first-order valence-electron chi connectivity index (χ1n) is 11.0. The number of guanidine groups is 1. The van der Waals surface area contributed by atoms with Gasteiger partial charge in [0, 0.05) is 50.4 Å². The topological polar surface area (TPSA) is 64.7 Å². The molecule has 0 saturated carbocycles. The Hall–Kier alpha value is -2.05.